The van der Waals surface area contributed by atoms with E-state index in [1.165, 1.54) is 0 Å². The van der Waals surface area contributed by atoms with Crippen LogP contribution in [0.4, 0.5) is 5.69 Å². The number of carbonyl (C=O) groups is 1. The molecule has 1 amide bonds. The maximum Gasteiger partial charge on any atom is 0.244 e. The van der Waals surface area contributed by atoms with E-state index in [0.29, 0.717) is 19.5 Å². The smallest absolute Gasteiger partial charge is 0.244 e. The molecule has 0 aliphatic carbocycles. The predicted molar refractivity (Wildman–Crippen MR) is 104 cm³/mol. The molecule has 4 nitrogen and oxygen atoms in total. The minimum Gasteiger partial charge on any atom is -0.310 e. The third-order valence-corrected chi connectivity index (χ3v) is 4.95. The molecule has 1 atom stereocenters. The van der Waals surface area contributed by atoms with Crippen LogP contribution in [0.1, 0.15) is 18.9 Å². The van der Waals surface area contributed by atoms with E-state index in [2.05, 4.69) is 22.0 Å². The van der Waals surface area contributed by atoms with Gasteiger partial charge in [-0.1, -0.05) is 52.3 Å². The summed E-state index contributed by atoms with van der Waals surface area (Å²) in [5, 5.41) is 8.91. The molecule has 0 saturated carbocycles. The highest BCUT2D eigenvalue weighted by Crippen LogP contribution is 2.20. The Morgan fingerprint density at radius 1 is 1.16 bits per heavy atom. The molecule has 5 heteroatoms. The molecule has 0 aliphatic rings. The minimum atomic E-state index is -0.300. The molecule has 2 aromatic carbocycles. The number of carbonyl (C=O) groups excluding carboxylic acids is 1. The van der Waals surface area contributed by atoms with Crippen molar-refractivity contribution in [1.29, 1.82) is 5.26 Å². The Hall–Kier alpha value is -2.16. The summed E-state index contributed by atoms with van der Waals surface area (Å²) in [4.78, 5) is 16.7. The van der Waals surface area contributed by atoms with Gasteiger partial charge in [0.2, 0.25) is 5.91 Å². The number of nitriles is 1. The van der Waals surface area contributed by atoms with Gasteiger partial charge in [-0.05, 0) is 37.7 Å². The average molecular weight is 400 g/mol. The van der Waals surface area contributed by atoms with Crippen LogP contribution in [-0.4, -0.2) is 30.4 Å². The molecule has 130 valence electrons. The Morgan fingerprint density at radius 3 is 2.44 bits per heavy atom. The van der Waals surface area contributed by atoms with Gasteiger partial charge in [-0.25, -0.2) is 0 Å². The second-order valence-electron chi connectivity index (χ2n) is 5.92. The molecule has 0 spiro atoms. The molecule has 25 heavy (non-hydrogen) atoms. The summed E-state index contributed by atoms with van der Waals surface area (Å²) < 4.78 is 1.03. The lowest BCUT2D eigenvalue weighted by atomic mass is 10.1. The second-order valence-corrected chi connectivity index (χ2v) is 6.77. The number of likely N-dealkylation sites (N-methyl/N-ethyl adjacent to an activating group) is 1. The number of nitrogens with zero attached hydrogens (tertiary/aromatic N) is 3. The summed E-state index contributed by atoms with van der Waals surface area (Å²) in [6.07, 6.45) is 0.307. The quantitative estimate of drug-likeness (QED) is 0.700. The summed E-state index contributed by atoms with van der Waals surface area (Å²) >= 11 is 3.55. The van der Waals surface area contributed by atoms with Crippen LogP contribution in [0.3, 0.4) is 0 Å². The molecule has 0 N–H and O–H groups in total. The number of hydrogen-bond acceptors (Lipinski definition) is 3. The number of rotatable bonds is 7. The Morgan fingerprint density at radius 2 is 1.80 bits per heavy atom. The van der Waals surface area contributed by atoms with Gasteiger partial charge < -0.3 is 4.90 Å². The molecule has 0 heterocycles. The van der Waals surface area contributed by atoms with Crippen molar-refractivity contribution in [2.75, 3.05) is 18.5 Å². The molecule has 2 aromatic rings. The number of anilines is 1. The summed E-state index contributed by atoms with van der Waals surface area (Å²) in [6, 6.07) is 19.3. The predicted octanol–water partition coefficient (Wildman–Crippen LogP) is 4.22. The molecule has 2 rings (SSSR count). The van der Waals surface area contributed by atoms with Crippen LogP contribution in [0.2, 0.25) is 0 Å². The fourth-order valence-corrected chi connectivity index (χ4v) is 2.99. The summed E-state index contributed by atoms with van der Waals surface area (Å²) in [6.45, 7) is 2.96. The van der Waals surface area contributed by atoms with Crippen molar-refractivity contribution in [2.45, 2.75) is 25.9 Å². The number of halogens is 1. The topological polar surface area (TPSA) is 47.3 Å². The molecular weight excluding hydrogens is 378 g/mol. The number of hydrogen-bond donors (Lipinski definition) is 0. The van der Waals surface area contributed by atoms with E-state index in [9.17, 15) is 4.79 Å². The van der Waals surface area contributed by atoms with Crippen molar-refractivity contribution in [3.05, 3.63) is 64.6 Å². The van der Waals surface area contributed by atoms with Crippen molar-refractivity contribution >= 4 is 27.5 Å². The van der Waals surface area contributed by atoms with Gasteiger partial charge in [0.1, 0.15) is 0 Å². The van der Waals surface area contributed by atoms with E-state index in [1.54, 1.807) is 4.90 Å². The van der Waals surface area contributed by atoms with Crippen molar-refractivity contribution < 1.29 is 4.79 Å². The molecular formula is C20H22BrN3O. The molecule has 1 unspecified atom stereocenters. The van der Waals surface area contributed by atoms with Gasteiger partial charge in [0.15, 0.2) is 0 Å². The van der Waals surface area contributed by atoms with Crippen molar-refractivity contribution in [1.82, 2.24) is 4.90 Å². The maximum atomic E-state index is 13.0. The van der Waals surface area contributed by atoms with Gasteiger partial charge in [-0.2, -0.15) is 5.26 Å². The van der Waals surface area contributed by atoms with Crippen molar-refractivity contribution in [3.63, 3.8) is 0 Å². The normalized spacial score (nSPS) is 11.8. The molecule has 0 saturated heterocycles. The largest absolute Gasteiger partial charge is 0.310 e. The third kappa shape index (κ3) is 5.15. The first-order valence-corrected chi connectivity index (χ1v) is 9.01. The maximum absolute atomic E-state index is 13.0. The van der Waals surface area contributed by atoms with Gasteiger partial charge in [0.05, 0.1) is 18.5 Å². The standard InChI is InChI=1S/C20H22BrN3O/c1-16(23(2)15-17-9-6-7-12-19(17)21)20(25)24(14-8-13-22)18-10-4-3-5-11-18/h3-7,9-12,16H,8,14-15H2,1-2H3. The van der Waals surface area contributed by atoms with Crippen LogP contribution in [0.5, 0.6) is 0 Å². The lowest BCUT2D eigenvalue weighted by Gasteiger charge is -2.30. The van der Waals surface area contributed by atoms with Crippen LogP contribution in [0.25, 0.3) is 0 Å². The van der Waals surface area contributed by atoms with Crippen LogP contribution < -0.4 is 4.90 Å². The number of para-hydroxylation sites is 1. The van der Waals surface area contributed by atoms with Crippen LogP contribution in [0, 0.1) is 11.3 Å². The van der Waals surface area contributed by atoms with E-state index in [4.69, 9.17) is 5.26 Å². The molecule has 0 aliphatic heterocycles. The van der Waals surface area contributed by atoms with Gasteiger partial charge in [0.25, 0.3) is 0 Å². The summed E-state index contributed by atoms with van der Waals surface area (Å²) in [7, 11) is 1.94. The van der Waals surface area contributed by atoms with Gasteiger partial charge in [-0.3, -0.25) is 9.69 Å². The Kier molecular flexibility index (Phi) is 7.17. The zero-order chi connectivity index (χ0) is 18.2. The number of amides is 1. The highest BCUT2D eigenvalue weighted by molar-refractivity contribution is 9.10. The van der Waals surface area contributed by atoms with E-state index < -0.39 is 0 Å². The Bertz CT molecular complexity index is 742. The van der Waals surface area contributed by atoms with Crippen LogP contribution in [0.15, 0.2) is 59.1 Å². The Balaban J connectivity index is 2.14. The highest BCUT2D eigenvalue weighted by atomic mass is 79.9. The molecule has 0 radical (unpaired) electrons. The SMILES string of the molecule is CC(C(=O)N(CCC#N)c1ccccc1)N(C)Cc1ccccc1Br. The minimum absolute atomic E-state index is 0.00370. The Labute approximate surface area is 157 Å². The fraction of sp³-hybridized carbons (Fsp3) is 0.300. The second kappa shape index (κ2) is 9.36. The first kappa shape index (κ1) is 19.2. The van der Waals surface area contributed by atoms with E-state index >= 15 is 0 Å². The van der Waals surface area contributed by atoms with Gasteiger partial charge in [0, 0.05) is 23.2 Å². The fourth-order valence-electron chi connectivity index (χ4n) is 2.58. The lowest BCUT2D eigenvalue weighted by Crippen LogP contribution is -2.46. The summed E-state index contributed by atoms with van der Waals surface area (Å²) in [5.74, 6) is -0.00370. The zero-order valence-electron chi connectivity index (χ0n) is 14.5. The molecule has 0 bridgehead atoms. The van der Waals surface area contributed by atoms with Gasteiger partial charge >= 0.3 is 0 Å². The number of benzene rings is 2. The van der Waals surface area contributed by atoms with Gasteiger partial charge in [-0.15, -0.1) is 0 Å². The highest BCUT2D eigenvalue weighted by Gasteiger charge is 2.25. The first-order chi connectivity index (χ1) is 12.0. The molecule has 0 aromatic heterocycles. The zero-order valence-corrected chi connectivity index (χ0v) is 16.1. The van der Waals surface area contributed by atoms with Crippen LogP contribution >= 0.6 is 15.9 Å². The van der Waals surface area contributed by atoms with Crippen LogP contribution in [-0.2, 0) is 11.3 Å². The third-order valence-electron chi connectivity index (χ3n) is 4.18. The monoisotopic (exact) mass is 399 g/mol. The van der Waals surface area contributed by atoms with Crippen molar-refractivity contribution in [2.24, 2.45) is 0 Å². The van der Waals surface area contributed by atoms with Crippen molar-refractivity contribution in [3.8, 4) is 6.07 Å². The summed E-state index contributed by atoms with van der Waals surface area (Å²) in [5.41, 5.74) is 1.96. The van der Waals surface area contributed by atoms with E-state index in [-0.39, 0.29) is 11.9 Å². The molecule has 0 fully saturated rings. The first-order valence-electron chi connectivity index (χ1n) is 8.21. The lowest BCUT2D eigenvalue weighted by molar-refractivity contribution is -0.123. The van der Waals surface area contributed by atoms with E-state index in [0.717, 1.165) is 15.7 Å². The average Bonchev–Trinajstić information content (AvgIpc) is 2.64. The van der Waals surface area contributed by atoms with E-state index in [1.807, 2.05) is 73.5 Å².